The first-order chi connectivity index (χ1) is 13.0. The van der Waals surface area contributed by atoms with Gasteiger partial charge in [-0.1, -0.05) is 0 Å². The topological polar surface area (TPSA) is 111 Å². The number of allylic oxidation sites excluding steroid dienone is 2. The molecular formula is C20H23NO7. The molecule has 1 heterocycles. The smallest absolute Gasteiger partial charge is 0.412 e. The van der Waals surface area contributed by atoms with Crippen LogP contribution in [0.25, 0.3) is 0 Å². The number of ether oxygens (including phenoxy) is 3. The highest BCUT2D eigenvalue weighted by Crippen LogP contribution is 2.32. The maximum atomic E-state index is 12.7. The van der Waals surface area contributed by atoms with Crippen LogP contribution in [0.1, 0.15) is 54.0 Å². The molecule has 1 fully saturated rings. The fourth-order valence-electron chi connectivity index (χ4n) is 3.17. The van der Waals surface area contributed by atoms with Crippen molar-refractivity contribution in [3.05, 3.63) is 40.6 Å². The largest absolute Gasteiger partial charge is 0.507 e. The van der Waals surface area contributed by atoms with Gasteiger partial charge in [0.1, 0.15) is 11.4 Å². The van der Waals surface area contributed by atoms with E-state index in [0.717, 1.165) is 6.08 Å². The molecule has 2 N–H and O–H groups in total. The number of ketones is 2. The molecule has 3 rings (SSSR count). The highest BCUT2D eigenvalue weighted by atomic mass is 16.7. The molecule has 1 aliphatic heterocycles. The molecule has 150 valence electrons. The Hall–Kier alpha value is -2.71. The van der Waals surface area contributed by atoms with Gasteiger partial charge in [-0.3, -0.25) is 14.9 Å². The molecule has 1 aromatic carbocycles. The number of aromatic hydroxyl groups is 1. The normalized spacial score (nSPS) is 18.5. The molecule has 0 atom stereocenters. The van der Waals surface area contributed by atoms with Gasteiger partial charge in [0.15, 0.2) is 11.6 Å². The highest BCUT2D eigenvalue weighted by molar-refractivity contribution is 6.26. The lowest BCUT2D eigenvalue weighted by Crippen LogP contribution is -2.36. The van der Waals surface area contributed by atoms with Gasteiger partial charge in [0.05, 0.1) is 24.5 Å². The minimum Gasteiger partial charge on any atom is -0.507 e. The fraction of sp³-hybridized carbons (Fsp3) is 0.450. The van der Waals surface area contributed by atoms with E-state index < -0.39 is 29.0 Å². The van der Waals surface area contributed by atoms with Crippen molar-refractivity contribution in [1.82, 2.24) is 5.32 Å². The maximum Gasteiger partial charge on any atom is 0.412 e. The summed E-state index contributed by atoms with van der Waals surface area (Å²) in [6, 6.07) is 2.93. The van der Waals surface area contributed by atoms with E-state index in [1.54, 1.807) is 27.7 Å². The molecule has 1 aliphatic carbocycles. The Morgan fingerprint density at radius 1 is 1.25 bits per heavy atom. The molecule has 1 saturated heterocycles. The second-order valence-electron chi connectivity index (χ2n) is 7.92. The van der Waals surface area contributed by atoms with Crippen molar-refractivity contribution in [2.24, 2.45) is 0 Å². The first-order valence-electron chi connectivity index (χ1n) is 8.92. The molecule has 0 saturated carbocycles. The number of amides is 1. The summed E-state index contributed by atoms with van der Waals surface area (Å²) in [6.45, 7) is 7.73. The zero-order valence-corrected chi connectivity index (χ0v) is 16.3. The minimum atomic E-state index is -0.858. The van der Waals surface area contributed by atoms with Gasteiger partial charge in [0.2, 0.25) is 5.78 Å². The van der Waals surface area contributed by atoms with Gasteiger partial charge in [-0.2, -0.15) is 0 Å². The lowest BCUT2D eigenvalue weighted by Gasteiger charge is -2.24. The molecule has 28 heavy (non-hydrogen) atoms. The Labute approximate surface area is 162 Å². The quantitative estimate of drug-likeness (QED) is 0.817. The zero-order chi connectivity index (χ0) is 20.7. The summed E-state index contributed by atoms with van der Waals surface area (Å²) in [5.74, 6) is -2.36. The minimum absolute atomic E-state index is 0.0661. The standard InChI is InChI=1S/C20H23NO7/c1-19(2,3)28-18(25)21-13-9-14(22)12-7-11(8-15(23)16(12)17(13)24)10-20(4)26-5-6-27-20/h7-9,23H,5-6,10H2,1-4H3,(H,21,25). The third kappa shape index (κ3) is 4.23. The van der Waals surface area contributed by atoms with E-state index in [1.165, 1.54) is 12.1 Å². The Morgan fingerprint density at radius 2 is 1.89 bits per heavy atom. The van der Waals surface area contributed by atoms with Crippen LogP contribution in [0.5, 0.6) is 5.75 Å². The Kier molecular flexibility index (Phi) is 5.03. The van der Waals surface area contributed by atoms with E-state index in [2.05, 4.69) is 5.32 Å². The van der Waals surface area contributed by atoms with E-state index in [0.29, 0.717) is 25.2 Å². The summed E-state index contributed by atoms with van der Waals surface area (Å²) in [5, 5.41) is 12.7. The van der Waals surface area contributed by atoms with E-state index >= 15 is 0 Å². The van der Waals surface area contributed by atoms with Crippen molar-refractivity contribution >= 4 is 17.7 Å². The number of rotatable bonds is 3. The van der Waals surface area contributed by atoms with Gasteiger partial charge >= 0.3 is 6.09 Å². The van der Waals surface area contributed by atoms with E-state index in [1.807, 2.05) is 0 Å². The molecule has 0 unspecified atom stereocenters. The molecule has 2 aliphatic rings. The monoisotopic (exact) mass is 389 g/mol. The van der Waals surface area contributed by atoms with Gasteiger partial charge in [-0.15, -0.1) is 0 Å². The number of phenols is 1. The van der Waals surface area contributed by atoms with Crippen molar-refractivity contribution in [3.63, 3.8) is 0 Å². The summed E-state index contributed by atoms with van der Waals surface area (Å²) in [6.07, 6.45) is 0.479. The van der Waals surface area contributed by atoms with E-state index in [9.17, 15) is 19.5 Å². The van der Waals surface area contributed by atoms with Crippen LogP contribution >= 0.6 is 0 Å². The number of alkyl carbamates (subject to hydrolysis) is 1. The van der Waals surface area contributed by atoms with Crippen molar-refractivity contribution < 1.29 is 33.7 Å². The van der Waals surface area contributed by atoms with Crippen molar-refractivity contribution in [2.75, 3.05) is 13.2 Å². The van der Waals surface area contributed by atoms with Gasteiger partial charge in [0.25, 0.3) is 0 Å². The number of hydrogen-bond acceptors (Lipinski definition) is 7. The summed E-state index contributed by atoms with van der Waals surface area (Å²) in [7, 11) is 0. The van der Waals surface area contributed by atoms with Gasteiger partial charge in [-0.05, 0) is 45.4 Å². The van der Waals surface area contributed by atoms with Crippen LogP contribution in [0.3, 0.4) is 0 Å². The van der Waals surface area contributed by atoms with Crippen LogP contribution in [0.4, 0.5) is 4.79 Å². The number of Topliss-reactive ketones (excluding diaryl/α,β-unsaturated/α-hetero) is 1. The van der Waals surface area contributed by atoms with Crippen molar-refractivity contribution in [2.45, 2.75) is 45.5 Å². The number of fused-ring (bicyclic) bond motifs is 1. The van der Waals surface area contributed by atoms with Crippen LogP contribution in [0, 0.1) is 0 Å². The third-order valence-electron chi connectivity index (χ3n) is 4.25. The fourth-order valence-corrected chi connectivity index (χ4v) is 3.17. The van der Waals surface area contributed by atoms with Crippen LogP contribution in [0.15, 0.2) is 23.9 Å². The molecular weight excluding hydrogens is 366 g/mol. The van der Waals surface area contributed by atoms with Gasteiger partial charge in [-0.25, -0.2) is 4.79 Å². The van der Waals surface area contributed by atoms with E-state index in [-0.39, 0.29) is 22.6 Å². The average Bonchev–Trinajstić information content (AvgIpc) is 2.96. The van der Waals surface area contributed by atoms with Gasteiger partial charge < -0.3 is 19.3 Å². The molecule has 0 spiro atoms. The SMILES string of the molecule is CC(C)(C)OC(=O)NC1=CC(=O)c2cc(CC3(C)OCCO3)cc(O)c2C1=O. The maximum absolute atomic E-state index is 12.7. The predicted molar refractivity (Wildman–Crippen MR) is 98.2 cm³/mol. The van der Waals surface area contributed by atoms with E-state index in [4.69, 9.17) is 14.2 Å². The Morgan fingerprint density at radius 3 is 2.50 bits per heavy atom. The predicted octanol–water partition coefficient (Wildman–Crippen LogP) is 2.49. The lowest BCUT2D eigenvalue weighted by molar-refractivity contribution is -0.140. The number of carbonyl (C=O) groups excluding carboxylic acids is 3. The summed E-state index contributed by atoms with van der Waals surface area (Å²) in [5.41, 5.74) is -0.498. The Balaban J connectivity index is 1.86. The van der Waals surface area contributed by atoms with Crippen LogP contribution in [0.2, 0.25) is 0 Å². The summed E-state index contributed by atoms with van der Waals surface area (Å²) in [4.78, 5) is 37.2. The molecule has 8 heteroatoms. The lowest BCUT2D eigenvalue weighted by atomic mass is 9.89. The van der Waals surface area contributed by atoms with Crippen molar-refractivity contribution in [3.8, 4) is 5.75 Å². The molecule has 0 bridgehead atoms. The zero-order valence-electron chi connectivity index (χ0n) is 16.3. The molecule has 8 nitrogen and oxygen atoms in total. The van der Waals surface area contributed by atoms with Crippen LogP contribution in [-0.4, -0.2) is 47.4 Å². The van der Waals surface area contributed by atoms with Crippen molar-refractivity contribution in [1.29, 1.82) is 0 Å². The van der Waals surface area contributed by atoms with Crippen LogP contribution in [-0.2, 0) is 20.6 Å². The third-order valence-corrected chi connectivity index (χ3v) is 4.25. The average molecular weight is 389 g/mol. The number of phenolic OH excluding ortho intramolecular Hbond substituents is 1. The first-order valence-corrected chi connectivity index (χ1v) is 8.92. The number of hydrogen-bond donors (Lipinski definition) is 2. The molecule has 1 amide bonds. The number of nitrogens with one attached hydrogen (secondary N) is 1. The summed E-state index contributed by atoms with van der Waals surface area (Å²) >= 11 is 0. The highest BCUT2D eigenvalue weighted by Gasteiger charge is 2.34. The first kappa shape index (κ1) is 20.0. The second-order valence-corrected chi connectivity index (χ2v) is 7.92. The molecule has 0 aromatic heterocycles. The number of carbonyl (C=O) groups is 3. The van der Waals surface area contributed by atoms with Crippen LogP contribution < -0.4 is 5.32 Å². The summed E-state index contributed by atoms with van der Waals surface area (Å²) < 4.78 is 16.2. The molecule has 1 aromatic rings. The second kappa shape index (κ2) is 7.03. The molecule has 0 radical (unpaired) electrons. The van der Waals surface area contributed by atoms with Gasteiger partial charge in [0, 0.05) is 18.1 Å². The number of benzene rings is 1. The Bertz CT molecular complexity index is 873.